The maximum atomic E-state index is 12.2. The van der Waals surface area contributed by atoms with Crippen LogP contribution in [-0.2, 0) is 6.54 Å². The van der Waals surface area contributed by atoms with E-state index < -0.39 is 0 Å². The lowest BCUT2D eigenvalue weighted by atomic mass is 9.85. The minimum absolute atomic E-state index is 0.0372. The van der Waals surface area contributed by atoms with Crippen LogP contribution in [0.2, 0.25) is 0 Å². The Morgan fingerprint density at radius 1 is 1.21 bits per heavy atom. The number of aliphatic hydroxyl groups is 1. The lowest BCUT2D eigenvalue weighted by Crippen LogP contribution is -2.45. The predicted octanol–water partition coefficient (Wildman–Crippen LogP) is 2.60. The van der Waals surface area contributed by atoms with Crippen molar-refractivity contribution in [3.63, 3.8) is 0 Å². The summed E-state index contributed by atoms with van der Waals surface area (Å²) >= 11 is 0. The highest BCUT2D eigenvalue weighted by molar-refractivity contribution is 5.88. The van der Waals surface area contributed by atoms with Crippen molar-refractivity contribution >= 4 is 11.8 Å². The molecule has 0 radical (unpaired) electrons. The highest BCUT2D eigenvalue weighted by Gasteiger charge is 2.25. The Kier molecular flexibility index (Phi) is 5.48. The van der Waals surface area contributed by atoms with Crippen molar-refractivity contribution in [1.82, 2.24) is 15.1 Å². The number of nitrogens with zero attached hydrogens (tertiary/aromatic N) is 2. The molecule has 3 N–H and O–H groups in total. The second-order valence-electron chi connectivity index (χ2n) is 6.32. The van der Waals surface area contributed by atoms with Crippen molar-refractivity contribution in [2.75, 3.05) is 11.9 Å². The maximum Gasteiger partial charge on any atom is 0.320 e. The SMILES string of the molecule is O=C(Nc1ccn(Cc2ccccc2)n1)NC1CCCCC1CO. The van der Waals surface area contributed by atoms with Gasteiger partial charge in [0.15, 0.2) is 5.82 Å². The average Bonchev–Trinajstić information content (AvgIpc) is 3.03. The summed E-state index contributed by atoms with van der Waals surface area (Å²) in [5.74, 6) is 0.680. The molecule has 2 unspecified atom stereocenters. The first-order valence-corrected chi connectivity index (χ1v) is 8.50. The van der Waals surface area contributed by atoms with Gasteiger partial charge in [-0.1, -0.05) is 43.2 Å². The molecule has 0 saturated heterocycles. The quantitative estimate of drug-likeness (QED) is 0.789. The molecule has 6 heteroatoms. The van der Waals surface area contributed by atoms with E-state index in [2.05, 4.69) is 15.7 Å². The topological polar surface area (TPSA) is 79.2 Å². The molecule has 3 rings (SSSR count). The number of aromatic nitrogens is 2. The number of nitrogens with one attached hydrogen (secondary N) is 2. The van der Waals surface area contributed by atoms with Crippen LogP contribution in [0.5, 0.6) is 0 Å². The van der Waals surface area contributed by atoms with Gasteiger partial charge in [-0.25, -0.2) is 4.79 Å². The van der Waals surface area contributed by atoms with Crippen LogP contribution in [0.25, 0.3) is 0 Å². The molecule has 2 aromatic rings. The number of rotatable bonds is 5. The molecule has 1 saturated carbocycles. The number of urea groups is 1. The molecule has 0 bridgehead atoms. The second kappa shape index (κ2) is 7.97. The van der Waals surface area contributed by atoms with Crippen molar-refractivity contribution in [3.8, 4) is 0 Å². The molecule has 128 valence electrons. The Labute approximate surface area is 141 Å². The standard InChI is InChI=1S/C18H24N4O2/c23-13-15-8-4-5-9-16(15)19-18(24)20-17-10-11-22(21-17)12-14-6-2-1-3-7-14/h1-3,6-7,10-11,15-16,23H,4-5,8-9,12-13H2,(H2,19,20,21,24). The Morgan fingerprint density at radius 3 is 2.79 bits per heavy atom. The van der Waals surface area contributed by atoms with Gasteiger partial charge in [-0.15, -0.1) is 0 Å². The first-order valence-electron chi connectivity index (χ1n) is 8.50. The van der Waals surface area contributed by atoms with Gasteiger partial charge < -0.3 is 10.4 Å². The highest BCUT2D eigenvalue weighted by Crippen LogP contribution is 2.24. The zero-order valence-electron chi connectivity index (χ0n) is 13.7. The molecule has 1 heterocycles. The van der Waals surface area contributed by atoms with Crippen LogP contribution >= 0.6 is 0 Å². The number of hydrogen-bond donors (Lipinski definition) is 3. The summed E-state index contributed by atoms with van der Waals surface area (Å²) in [5.41, 5.74) is 1.16. The zero-order chi connectivity index (χ0) is 16.8. The second-order valence-corrected chi connectivity index (χ2v) is 6.32. The van der Waals surface area contributed by atoms with Crippen LogP contribution in [0.3, 0.4) is 0 Å². The van der Waals surface area contributed by atoms with Crippen molar-refractivity contribution < 1.29 is 9.90 Å². The molecule has 2 atom stereocenters. The lowest BCUT2D eigenvalue weighted by Gasteiger charge is -2.30. The van der Waals surface area contributed by atoms with Crippen LogP contribution in [-0.4, -0.2) is 33.6 Å². The first-order chi connectivity index (χ1) is 11.7. The van der Waals surface area contributed by atoms with Crippen LogP contribution in [0, 0.1) is 5.92 Å². The maximum absolute atomic E-state index is 12.2. The van der Waals surface area contributed by atoms with Crippen molar-refractivity contribution in [3.05, 3.63) is 48.2 Å². The number of hydrogen-bond acceptors (Lipinski definition) is 3. The number of amides is 2. The van der Waals surface area contributed by atoms with Gasteiger partial charge in [0.25, 0.3) is 0 Å². The van der Waals surface area contributed by atoms with Gasteiger partial charge in [0.2, 0.25) is 0 Å². The first kappa shape index (κ1) is 16.5. The summed E-state index contributed by atoms with van der Waals surface area (Å²) in [6.45, 7) is 0.788. The normalized spacial score (nSPS) is 20.5. The number of carbonyl (C=O) groups is 1. The van der Waals surface area contributed by atoms with Gasteiger partial charge in [0, 0.05) is 30.8 Å². The minimum Gasteiger partial charge on any atom is -0.396 e. The van der Waals surface area contributed by atoms with E-state index >= 15 is 0 Å². The third-order valence-electron chi connectivity index (χ3n) is 4.53. The Morgan fingerprint density at radius 2 is 2.00 bits per heavy atom. The fourth-order valence-corrected chi connectivity index (χ4v) is 3.22. The molecule has 2 amide bonds. The minimum atomic E-state index is -0.259. The van der Waals surface area contributed by atoms with Crippen molar-refractivity contribution in [1.29, 1.82) is 0 Å². The van der Waals surface area contributed by atoms with Gasteiger partial charge in [-0.3, -0.25) is 10.00 Å². The average molecular weight is 328 g/mol. The Balaban J connectivity index is 1.53. The molecule has 1 aromatic heterocycles. The van der Waals surface area contributed by atoms with Gasteiger partial charge >= 0.3 is 6.03 Å². The van der Waals surface area contributed by atoms with Gasteiger partial charge in [-0.05, 0) is 18.4 Å². The molecule has 1 aliphatic carbocycles. The van der Waals surface area contributed by atoms with E-state index in [4.69, 9.17) is 0 Å². The molecule has 0 spiro atoms. The molecule has 1 aliphatic rings. The summed E-state index contributed by atoms with van der Waals surface area (Å²) in [5, 5.41) is 19.5. The van der Waals surface area contributed by atoms with E-state index in [1.165, 1.54) is 0 Å². The smallest absolute Gasteiger partial charge is 0.320 e. The van der Waals surface area contributed by atoms with Crippen LogP contribution in [0.1, 0.15) is 31.2 Å². The fourth-order valence-electron chi connectivity index (χ4n) is 3.22. The molecular formula is C18H24N4O2. The fraction of sp³-hybridized carbons (Fsp3) is 0.444. The van der Waals surface area contributed by atoms with Gasteiger partial charge in [-0.2, -0.15) is 5.10 Å². The Hall–Kier alpha value is -2.34. The predicted molar refractivity (Wildman–Crippen MR) is 92.8 cm³/mol. The van der Waals surface area contributed by atoms with Gasteiger partial charge in [0.1, 0.15) is 0 Å². The van der Waals surface area contributed by atoms with E-state index in [9.17, 15) is 9.90 Å². The number of carbonyl (C=O) groups excluding carboxylic acids is 1. The molecule has 6 nitrogen and oxygen atoms in total. The molecule has 0 aliphatic heterocycles. The van der Waals surface area contributed by atoms with E-state index in [1.807, 2.05) is 36.5 Å². The largest absolute Gasteiger partial charge is 0.396 e. The number of benzene rings is 1. The summed E-state index contributed by atoms with van der Waals surface area (Å²) in [7, 11) is 0. The molecule has 1 fully saturated rings. The van der Waals surface area contributed by atoms with E-state index in [0.717, 1.165) is 31.2 Å². The number of aliphatic hydroxyl groups excluding tert-OH is 1. The van der Waals surface area contributed by atoms with Crippen LogP contribution in [0.15, 0.2) is 42.6 Å². The third-order valence-corrected chi connectivity index (χ3v) is 4.53. The van der Waals surface area contributed by atoms with E-state index in [-0.39, 0.29) is 24.6 Å². The molecule has 24 heavy (non-hydrogen) atoms. The van der Waals surface area contributed by atoms with Crippen LogP contribution < -0.4 is 10.6 Å². The highest BCUT2D eigenvalue weighted by atomic mass is 16.3. The summed E-state index contributed by atoms with van der Waals surface area (Å²) in [4.78, 5) is 12.2. The molecular weight excluding hydrogens is 304 g/mol. The number of anilines is 1. The summed E-state index contributed by atoms with van der Waals surface area (Å²) in [6, 6.07) is 11.6. The monoisotopic (exact) mass is 328 g/mol. The summed E-state index contributed by atoms with van der Waals surface area (Å²) < 4.78 is 1.79. The van der Waals surface area contributed by atoms with Crippen molar-refractivity contribution in [2.45, 2.75) is 38.3 Å². The lowest BCUT2D eigenvalue weighted by molar-refractivity contribution is 0.156. The van der Waals surface area contributed by atoms with E-state index in [1.54, 1.807) is 10.7 Å². The molecule has 1 aromatic carbocycles. The third kappa shape index (κ3) is 4.35. The zero-order valence-corrected chi connectivity index (χ0v) is 13.7. The van der Waals surface area contributed by atoms with Crippen LogP contribution in [0.4, 0.5) is 10.6 Å². The van der Waals surface area contributed by atoms with Crippen molar-refractivity contribution in [2.24, 2.45) is 5.92 Å². The van der Waals surface area contributed by atoms with Gasteiger partial charge in [0.05, 0.1) is 6.54 Å². The Bertz CT molecular complexity index is 656. The summed E-state index contributed by atoms with van der Waals surface area (Å²) in [6.07, 6.45) is 5.94. The van der Waals surface area contributed by atoms with E-state index in [0.29, 0.717) is 12.4 Å².